The number of amides is 1. The van der Waals surface area contributed by atoms with Crippen LogP contribution in [0.3, 0.4) is 0 Å². The van der Waals surface area contributed by atoms with Crippen molar-refractivity contribution in [2.24, 2.45) is 7.05 Å². The Hall–Kier alpha value is -2.41. The van der Waals surface area contributed by atoms with Crippen molar-refractivity contribution in [3.63, 3.8) is 0 Å². The Labute approximate surface area is 128 Å². The van der Waals surface area contributed by atoms with Crippen LogP contribution in [0, 0.1) is 0 Å². The van der Waals surface area contributed by atoms with Crippen molar-refractivity contribution < 1.29 is 14.6 Å². The highest BCUT2D eigenvalue weighted by Gasteiger charge is 2.25. The molecule has 3 rings (SSSR count). The fraction of sp³-hybridized carbons (Fsp3) is 0.400. The number of aliphatic hydroxyl groups excluding tert-OH is 1. The van der Waals surface area contributed by atoms with Gasteiger partial charge in [-0.2, -0.15) is 4.98 Å². The van der Waals surface area contributed by atoms with Crippen LogP contribution in [0.2, 0.25) is 0 Å². The fourth-order valence-electron chi connectivity index (χ4n) is 2.57. The normalized spacial score (nSPS) is 17.8. The molecule has 2 heterocycles. The lowest BCUT2D eigenvalue weighted by Crippen LogP contribution is -2.29. The van der Waals surface area contributed by atoms with Crippen molar-refractivity contribution in [2.45, 2.75) is 12.5 Å². The highest BCUT2D eigenvalue weighted by molar-refractivity contribution is 5.95. The van der Waals surface area contributed by atoms with Crippen LogP contribution >= 0.6 is 0 Å². The van der Waals surface area contributed by atoms with Gasteiger partial charge in [-0.15, -0.1) is 5.10 Å². The molecule has 1 saturated heterocycles. The van der Waals surface area contributed by atoms with E-state index in [0.717, 1.165) is 5.56 Å². The molecule has 0 bridgehead atoms. The number of carbonyl (C=O) groups excluding carboxylic acids is 1. The highest BCUT2D eigenvalue weighted by Crippen LogP contribution is 2.21. The zero-order valence-electron chi connectivity index (χ0n) is 12.6. The molecule has 0 spiro atoms. The third-order valence-electron chi connectivity index (χ3n) is 3.72. The summed E-state index contributed by atoms with van der Waals surface area (Å²) in [4.78, 5) is 18.4. The molecule has 1 aliphatic rings. The highest BCUT2D eigenvalue weighted by atomic mass is 16.5. The minimum absolute atomic E-state index is 0.0821. The molecule has 7 nitrogen and oxygen atoms in total. The minimum atomic E-state index is -0.422. The Kier molecular flexibility index (Phi) is 3.81. The Balaban J connectivity index is 1.87. The molecule has 0 aliphatic carbocycles. The number of rotatable bonds is 3. The zero-order chi connectivity index (χ0) is 15.7. The lowest BCUT2D eigenvalue weighted by atomic mass is 10.1. The molecule has 0 saturated carbocycles. The average Bonchev–Trinajstić information content (AvgIpc) is 3.12. The van der Waals surface area contributed by atoms with Crippen LogP contribution in [0.5, 0.6) is 6.01 Å². The van der Waals surface area contributed by atoms with Gasteiger partial charge in [0.15, 0.2) is 5.82 Å². The predicted molar refractivity (Wildman–Crippen MR) is 79.5 cm³/mol. The van der Waals surface area contributed by atoms with Crippen LogP contribution in [0.1, 0.15) is 16.8 Å². The van der Waals surface area contributed by atoms with Crippen LogP contribution in [-0.4, -0.2) is 57.0 Å². The summed E-state index contributed by atoms with van der Waals surface area (Å²) in [5, 5.41) is 13.8. The summed E-state index contributed by atoms with van der Waals surface area (Å²) < 4.78 is 6.65. The minimum Gasteiger partial charge on any atom is -0.467 e. The topological polar surface area (TPSA) is 80.5 Å². The number of hydrogen-bond acceptors (Lipinski definition) is 5. The van der Waals surface area contributed by atoms with Crippen LogP contribution < -0.4 is 4.74 Å². The fourth-order valence-corrected chi connectivity index (χ4v) is 2.57. The second kappa shape index (κ2) is 5.76. The number of hydrogen-bond donors (Lipinski definition) is 1. The van der Waals surface area contributed by atoms with Gasteiger partial charge in [0, 0.05) is 31.3 Å². The largest absolute Gasteiger partial charge is 0.467 e. The van der Waals surface area contributed by atoms with Crippen LogP contribution in [0.25, 0.3) is 11.4 Å². The number of β-amino-alcohol motifs (C(OH)–C–C–N with tert-alkyl or cyclic N) is 1. The molecule has 1 aromatic heterocycles. The van der Waals surface area contributed by atoms with Gasteiger partial charge in [-0.05, 0) is 18.6 Å². The molecule has 0 unspecified atom stereocenters. The van der Waals surface area contributed by atoms with Crippen molar-refractivity contribution >= 4 is 5.91 Å². The van der Waals surface area contributed by atoms with E-state index >= 15 is 0 Å². The Morgan fingerprint density at radius 1 is 1.45 bits per heavy atom. The number of benzene rings is 1. The number of nitrogens with zero attached hydrogens (tertiary/aromatic N) is 4. The van der Waals surface area contributed by atoms with Gasteiger partial charge in [0.05, 0.1) is 13.2 Å². The molecule has 1 N–H and O–H groups in total. The molecule has 22 heavy (non-hydrogen) atoms. The van der Waals surface area contributed by atoms with E-state index < -0.39 is 6.10 Å². The number of aryl methyl sites for hydroxylation is 1. The molecule has 0 radical (unpaired) electrons. The van der Waals surface area contributed by atoms with Crippen molar-refractivity contribution in [3.05, 3.63) is 29.8 Å². The molecule has 2 aromatic rings. The molecular weight excluding hydrogens is 284 g/mol. The van der Waals surface area contributed by atoms with E-state index in [-0.39, 0.29) is 5.91 Å². The van der Waals surface area contributed by atoms with E-state index in [1.165, 1.54) is 7.11 Å². The first-order valence-corrected chi connectivity index (χ1v) is 7.11. The van der Waals surface area contributed by atoms with Gasteiger partial charge in [-0.25, -0.2) is 4.68 Å². The average molecular weight is 302 g/mol. The second-order valence-electron chi connectivity index (χ2n) is 5.32. The van der Waals surface area contributed by atoms with Crippen molar-refractivity contribution in [1.82, 2.24) is 19.7 Å². The first kappa shape index (κ1) is 14.5. The van der Waals surface area contributed by atoms with Gasteiger partial charge in [0.25, 0.3) is 5.91 Å². The van der Waals surface area contributed by atoms with Crippen molar-refractivity contribution in [3.8, 4) is 17.4 Å². The van der Waals surface area contributed by atoms with Crippen LogP contribution in [0.15, 0.2) is 24.3 Å². The summed E-state index contributed by atoms with van der Waals surface area (Å²) >= 11 is 0. The SMILES string of the molecule is COc1nc(-c2cccc(C(=O)N3CC[C@@H](O)C3)c2)nn1C. The van der Waals surface area contributed by atoms with Gasteiger partial charge in [-0.3, -0.25) is 4.79 Å². The number of aliphatic hydroxyl groups is 1. The van der Waals surface area contributed by atoms with E-state index in [4.69, 9.17) is 4.74 Å². The molecular formula is C15H18N4O3. The van der Waals surface area contributed by atoms with Gasteiger partial charge in [0.2, 0.25) is 0 Å². The summed E-state index contributed by atoms with van der Waals surface area (Å²) in [5.74, 6) is 0.428. The molecule has 7 heteroatoms. The van der Waals surface area contributed by atoms with Gasteiger partial charge >= 0.3 is 6.01 Å². The lowest BCUT2D eigenvalue weighted by molar-refractivity contribution is 0.0765. The third-order valence-corrected chi connectivity index (χ3v) is 3.72. The molecule has 1 aliphatic heterocycles. The maximum Gasteiger partial charge on any atom is 0.314 e. The number of methoxy groups -OCH3 is 1. The summed E-state index contributed by atoms with van der Waals surface area (Å²) in [6.45, 7) is 0.971. The van der Waals surface area contributed by atoms with E-state index in [9.17, 15) is 9.90 Å². The predicted octanol–water partition coefficient (Wildman–Crippen LogP) is 0.697. The first-order chi connectivity index (χ1) is 10.6. The molecule has 1 aromatic carbocycles. The third kappa shape index (κ3) is 2.67. The summed E-state index contributed by atoms with van der Waals surface area (Å²) in [6, 6.07) is 7.59. The zero-order valence-corrected chi connectivity index (χ0v) is 12.6. The second-order valence-corrected chi connectivity index (χ2v) is 5.32. The standard InChI is InChI=1S/C15H18N4O3/c1-18-15(22-2)16-13(17-18)10-4-3-5-11(8-10)14(21)19-7-6-12(20)9-19/h3-5,8,12,20H,6-7,9H2,1-2H3/t12-/m1/s1. The molecule has 116 valence electrons. The van der Waals surface area contributed by atoms with E-state index in [1.807, 2.05) is 6.07 Å². The number of likely N-dealkylation sites (tertiary alicyclic amines) is 1. The van der Waals surface area contributed by atoms with Crippen LogP contribution in [-0.2, 0) is 7.05 Å². The smallest absolute Gasteiger partial charge is 0.314 e. The summed E-state index contributed by atoms with van der Waals surface area (Å²) in [7, 11) is 3.28. The molecule has 1 amide bonds. The lowest BCUT2D eigenvalue weighted by Gasteiger charge is -2.15. The van der Waals surface area contributed by atoms with Crippen molar-refractivity contribution in [1.29, 1.82) is 0 Å². The first-order valence-electron chi connectivity index (χ1n) is 7.11. The Bertz CT molecular complexity index is 698. The molecule has 1 atom stereocenters. The maximum absolute atomic E-state index is 12.4. The van der Waals surface area contributed by atoms with Gasteiger partial charge < -0.3 is 14.7 Å². The van der Waals surface area contributed by atoms with Gasteiger partial charge in [-0.1, -0.05) is 12.1 Å². The maximum atomic E-state index is 12.4. The van der Waals surface area contributed by atoms with E-state index in [2.05, 4.69) is 10.1 Å². The summed E-state index contributed by atoms with van der Waals surface area (Å²) in [6.07, 6.45) is 0.207. The Morgan fingerprint density at radius 3 is 2.91 bits per heavy atom. The monoisotopic (exact) mass is 302 g/mol. The number of carbonyl (C=O) groups is 1. The number of ether oxygens (including phenoxy) is 1. The number of aromatic nitrogens is 3. The van der Waals surface area contributed by atoms with E-state index in [0.29, 0.717) is 36.9 Å². The van der Waals surface area contributed by atoms with E-state index in [1.54, 1.807) is 34.8 Å². The van der Waals surface area contributed by atoms with Crippen LogP contribution in [0.4, 0.5) is 0 Å². The Morgan fingerprint density at radius 2 is 2.27 bits per heavy atom. The van der Waals surface area contributed by atoms with Crippen molar-refractivity contribution in [2.75, 3.05) is 20.2 Å². The molecule has 1 fully saturated rings. The quantitative estimate of drug-likeness (QED) is 0.902. The summed E-state index contributed by atoms with van der Waals surface area (Å²) in [5.41, 5.74) is 1.32. The van der Waals surface area contributed by atoms with Gasteiger partial charge in [0.1, 0.15) is 0 Å².